The minimum absolute atomic E-state index is 0.417. The molecular formula is C13H16F3N. The highest BCUT2D eigenvalue weighted by Crippen LogP contribution is 2.29. The Morgan fingerprint density at radius 2 is 1.82 bits per heavy atom. The molecule has 1 aromatic rings. The number of piperidine rings is 1. The monoisotopic (exact) mass is 243 g/mol. The lowest BCUT2D eigenvalue weighted by Crippen LogP contribution is -2.35. The van der Waals surface area contributed by atoms with Gasteiger partial charge >= 0.3 is 6.18 Å². The van der Waals surface area contributed by atoms with E-state index in [0.717, 1.165) is 37.1 Å². The molecule has 0 unspecified atom stereocenters. The summed E-state index contributed by atoms with van der Waals surface area (Å²) < 4.78 is 37.1. The average Bonchev–Trinajstić information content (AvgIpc) is 2.30. The van der Waals surface area contributed by atoms with Crippen LogP contribution >= 0.6 is 0 Å². The van der Waals surface area contributed by atoms with E-state index in [2.05, 4.69) is 5.32 Å². The van der Waals surface area contributed by atoms with E-state index in [1.807, 2.05) is 0 Å². The van der Waals surface area contributed by atoms with E-state index in [0.29, 0.717) is 6.04 Å². The summed E-state index contributed by atoms with van der Waals surface area (Å²) in [5.74, 6) is 0. The van der Waals surface area contributed by atoms with Gasteiger partial charge in [0.25, 0.3) is 0 Å². The van der Waals surface area contributed by atoms with Crippen LogP contribution in [0.25, 0.3) is 0 Å². The largest absolute Gasteiger partial charge is 0.416 e. The molecule has 0 radical (unpaired) electrons. The highest BCUT2D eigenvalue weighted by atomic mass is 19.4. The van der Waals surface area contributed by atoms with Gasteiger partial charge in [-0.3, -0.25) is 0 Å². The predicted molar refractivity (Wildman–Crippen MR) is 60.8 cm³/mol. The first-order valence-electron chi connectivity index (χ1n) is 5.95. The quantitative estimate of drug-likeness (QED) is 0.839. The van der Waals surface area contributed by atoms with Gasteiger partial charge in [0, 0.05) is 6.04 Å². The molecule has 0 aromatic heterocycles. The van der Waals surface area contributed by atoms with E-state index in [-0.39, 0.29) is 0 Å². The molecule has 1 saturated heterocycles. The van der Waals surface area contributed by atoms with Crippen LogP contribution in [0.2, 0.25) is 0 Å². The van der Waals surface area contributed by atoms with Crippen LogP contribution < -0.4 is 5.32 Å². The van der Waals surface area contributed by atoms with Crippen LogP contribution in [0.3, 0.4) is 0 Å². The number of hydrogen-bond acceptors (Lipinski definition) is 1. The molecule has 17 heavy (non-hydrogen) atoms. The smallest absolute Gasteiger partial charge is 0.314 e. The van der Waals surface area contributed by atoms with Crippen molar-refractivity contribution in [1.82, 2.24) is 5.32 Å². The Hall–Kier alpha value is -1.03. The fourth-order valence-electron chi connectivity index (χ4n) is 2.21. The maximum Gasteiger partial charge on any atom is 0.416 e. The predicted octanol–water partition coefficient (Wildman–Crippen LogP) is 3.39. The molecule has 1 heterocycles. The second-order valence-electron chi connectivity index (χ2n) is 4.55. The Morgan fingerprint density at radius 3 is 2.35 bits per heavy atom. The SMILES string of the molecule is FC(F)(F)c1ccc(C[C@H]2CCCCN2)cc1. The van der Waals surface area contributed by atoms with Gasteiger partial charge in [-0.2, -0.15) is 13.2 Å². The zero-order chi connectivity index (χ0) is 12.3. The molecule has 4 heteroatoms. The summed E-state index contributed by atoms with van der Waals surface area (Å²) in [7, 11) is 0. The zero-order valence-corrected chi connectivity index (χ0v) is 9.56. The molecule has 0 aliphatic carbocycles. The first-order chi connectivity index (χ1) is 8.05. The third kappa shape index (κ3) is 3.46. The van der Waals surface area contributed by atoms with E-state index in [1.54, 1.807) is 12.1 Å². The van der Waals surface area contributed by atoms with Gasteiger partial charge in [0.05, 0.1) is 5.56 Å². The van der Waals surface area contributed by atoms with E-state index in [9.17, 15) is 13.2 Å². The summed E-state index contributed by atoms with van der Waals surface area (Å²) in [6, 6.07) is 5.91. The molecule has 94 valence electrons. The lowest BCUT2D eigenvalue weighted by molar-refractivity contribution is -0.137. The van der Waals surface area contributed by atoms with Crippen molar-refractivity contribution in [3.05, 3.63) is 35.4 Å². The van der Waals surface area contributed by atoms with Crippen molar-refractivity contribution in [2.75, 3.05) is 6.54 Å². The maximum atomic E-state index is 12.4. The number of hydrogen-bond donors (Lipinski definition) is 1. The van der Waals surface area contributed by atoms with Crippen molar-refractivity contribution in [3.63, 3.8) is 0 Å². The van der Waals surface area contributed by atoms with Crippen molar-refractivity contribution < 1.29 is 13.2 Å². The molecule has 1 aromatic carbocycles. The summed E-state index contributed by atoms with van der Waals surface area (Å²) in [5, 5.41) is 3.39. The number of alkyl halides is 3. The van der Waals surface area contributed by atoms with E-state index in [1.165, 1.54) is 12.8 Å². The fourth-order valence-corrected chi connectivity index (χ4v) is 2.21. The summed E-state index contributed by atoms with van der Waals surface area (Å²) >= 11 is 0. The Balaban J connectivity index is 1.98. The van der Waals surface area contributed by atoms with Crippen LogP contribution in [0.5, 0.6) is 0 Å². The lowest BCUT2D eigenvalue weighted by atomic mass is 9.97. The molecule has 1 N–H and O–H groups in total. The van der Waals surface area contributed by atoms with Gasteiger partial charge in [-0.1, -0.05) is 18.6 Å². The fraction of sp³-hybridized carbons (Fsp3) is 0.538. The van der Waals surface area contributed by atoms with Crippen molar-refractivity contribution in [2.45, 2.75) is 37.9 Å². The number of benzene rings is 1. The molecule has 0 bridgehead atoms. The van der Waals surface area contributed by atoms with Crippen LogP contribution in [0.4, 0.5) is 13.2 Å². The Morgan fingerprint density at radius 1 is 1.12 bits per heavy atom. The van der Waals surface area contributed by atoms with Gasteiger partial charge < -0.3 is 5.32 Å². The van der Waals surface area contributed by atoms with Gasteiger partial charge in [0.15, 0.2) is 0 Å². The third-order valence-corrected chi connectivity index (χ3v) is 3.18. The number of halogens is 3. The standard InChI is InChI=1S/C13H16F3N/c14-13(15,16)11-6-4-10(5-7-11)9-12-3-1-2-8-17-12/h4-7,12,17H,1-3,8-9H2/t12-/m1/s1. The molecule has 1 aliphatic rings. The molecule has 1 nitrogen and oxygen atoms in total. The van der Waals surface area contributed by atoms with Crippen LogP contribution in [0.15, 0.2) is 24.3 Å². The number of nitrogens with one attached hydrogen (secondary N) is 1. The second kappa shape index (κ2) is 5.08. The summed E-state index contributed by atoms with van der Waals surface area (Å²) in [5.41, 5.74) is 0.398. The van der Waals surface area contributed by atoms with Gasteiger partial charge in [0.2, 0.25) is 0 Å². The highest BCUT2D eigenvalue weighted by Gasteiger charge is 2.30. The minimum Gasteiger partial charge on any atom is -0.314 e. The number of rotatable bonds is 2. The first kappa shape index (κ1) is 12.4. The normalized spacial score (nSPS) is 21.5. The summed E-state index contributed by atoms with van der Waals surface area (Å²) in [4.78, 5) is 0. The second-order valence-corrected chi connectivity index (χ2v) is 4.55. The maximum absolute atomic E-state index is 12.4. The Bertz CT molecular complexity index is 350. The van der Waals surface area contributed by atoms with E-state index >= 15 is 0 Å². The molecule has 2 rings (SSSR count). The van der Waals surface area contributed by atoms with Crippen LogP contribution in [-0.4, -0.2) is 12.6 Å². The van der Waals surface area contributed by atoms with Crippen LogP contribution in [-0.2, 0) is 12.6 Å². The molecule has 0 amide bonds. The molecule has 1 atom stereocenters. The first-order valence-corrected chi connectivity index (χ1v) is 5.95. The van der Waals surface area contributed by atoms with Crippen molar-refractivity contribution >= 4 is 0 Å². The van der Waals surface area contributed by atoms with Crippen molar-refractivity contribution in [2.24, 2.45) is 0 Å². The topological polar surface area (TPSA) is 12.0 Å². The van der Waals surface area contributed by atoms with E-state index < -0.39 is 11.7 Å². The Kier molecular flexibility index (Phi) is 3.72. The van der Waals surface area contributed by atoms with Gasteiger partial charge in [-0.05, 0) is 43.5 Å². The van der Waals surface area contributed by atoms with E-state index in [4.69, 9.17) is 0 Å². The van der Waals surface area contributed by atoms with Crippen LogP contribution in [0, 0.1) is 0 Å². The Labute approximate surface area is 99.0 Å². The average molecular weight is 243 g/mol. The lowest BCUT2D eigenvalue weighted by Gasteiger charge is -2.23. The van der Waals surface area contributed by atoms with Crippen molar-refractivity contribution in [3.8, 4) is 0 Å². The molecule has 0 saturated carbocycles. The van der Waals surface area contributed by atoms with Crippen molar-refractivity contribution in [1.29, 1.82) is 0 Å². The third-order valence-electron chi connectivity index (χ3n) is 3.18. The van der Waals surface area contributed by atoms with Gasteiger partial charge in [-0.25, -0.2) is 0 Å². The summed E-state index contributed by atoms with van der Waals surface area (Å²) in [6.07, 6.45) is 0.0998. The highest BCUT2D eigenvalue weighted by molar-refractivity contribution is 5.25. The van der Waals surface area contributed by atoms with Crippen LogP contribution in [0.1, 0.15) is 30.4 Å². The summed E-state index contributed by atoms with van der Waals surface area (Å²) in [6.45, 7) is 1.02. The van der Waals surface area contributed by atoms with Gasteiger partial charge in [-0.15, -0.1) is 0 Å². The zero-order valence-electron chi connectivity index (χ0n) is 9.56. The van der Waals surface area contributed by atoms with Gasteiger partial charge in [0.1, 0.15) is 0 Å². The molecule has 1 aliphatic heterocycles. The molecular weight excluding hydrogens is 227 g/mol. The minimum atomic E-state index is -4.23. The molecule has 1 fully saturated rings. The molecule has 0 spiro atoms.